The third-order valence-electron chi connectivity index (χ3n) is 2.73. The molecule has 92 valence electrons. The maximum absolute atomic E-state index is 5.80. The van der Waals surface area contributed by atoms with Gasteiger partial charge in [0.25, 0.3) is 0 Å². The Hall–Kier alpha value is -1.23. The summed E-state index contributed by atoms with van der Waals surface area (Å²) in [5.41, 5.74) is 6.88. The Morgan fingerprint density at radius 1 is 1.33 bits per heavy atom. The molecule has 0 fully saturated rings. The molecule has 0 aliphatic carbocycles. The summed E-state index contributed by atoms with van der Waals surface area (Å²) in [6, 6.07) is 10.8. The summed E-state index contributed by atoms with van der Waals surface area (Å²) >= 11 is 3.49. The summed E-state index contributed by atoms with van der Waals surface area (Å²) in [6.45, 7) is 2.01. The maximum atomic E-state index is 5.80. The fourth-order valence-corrected chi connectivity index (χ4v) is 3.94. The first-order chi connectivity index (χ1) is 8.72. The molecule has 0 saturated heterocycles. The van der Waals surface area contributed by atoms with E-state index in [-0.39, 0.29) is 6.04 Å². The highest BCUT2D eigenvalue weighted by Gasteiger charge is 2.09. The van der Waals surface area contributed by atoms with Gasteiger partial charge in [0.15, 0.2) is 0 Å². The van der Waals surface area contributed by atoms with Gasteiger partial charge in [0.05, 0.1) is 15.6 Å². The van der Waals surface area contributed by atoms with Crippen LogP contribution < -0.4 is 5.73 Å². The van der Waals surface area contributed by atoms with Gasteiger partial charge in [-0.2, -0.15) is 0 Å². The van der Waals surface area contributed by atoms with Gasteiger partial charge in [-0.15, -0.1) is 22.7 Å². The second-order valence-corrected chi connectivity index (χ2v) is 6.48. The number of hydrogen-bond donors (Lipinski definition) is 1. The monoisotopic (exact) mass is 274 g/mol. The van der Waals surface area contributed by atoms with Gasteiger partial charge in [0, 0.05) is 22.5 Å². The molecule has 2 N–H and O–H groups in total. The van der Waals surface area contributed by atoms with Crippen molar-refractivity contribution in [3.05, 3.63) is 40.7 Å². The topological polar surface area (TPSA) is 38.9 Å². The largest absolute Gasteiger partial charge is 0.328 e. The van der Waals surface area contributed by atoms with Crippen LogP contribution in [0.5, 0.6) is 0 Å². The SMILES string of the molecule is CC(N)Cc1nc(-c2cc3ccccc3s2)cs1. The second-order valence-electron chi connectivity index (χ2n) is 4.46. The van der Waals surface area contributed by atoms with Gasteiger partial charge >= 0.3 is 0 Å². The fraction of sp³-hybridized carbons (Fsp3) is 0.214. The number of benzene rings is 1. The molecule has 1 atom stereocenters. The Labute approximate surface area is 114 Å². The van der Waals surface area contributed by atoms with Gasteiger partial charge in [-0.05, 0) is 24.4 Å². The maximum Gasteiger partial charge on any atom is 0.0948 e. The normalized spacial score (nSPS) is 13.0. The minimum absolute atomic E-state index is 0.173. The van der Waals surface area contributed by atoms with Gasteiger partial charge in [-0.3, -0.25) is 0 Å². The predicted molar refractivity (Wildman–Crippen MR) is 80.3 cm³/mol. The number of aromatic nitrogens is 1. The van der Waals surface area contributed by atoms with Crippen molar-refractivity contribution in [3.63, 3.8) is 0 Å². The highest BCUT2D eigenvalue weighted by Crippen LogP contribution is 2.33. The van der Waals surface area contributed by atoms with Gasteiger partial charge < -0.3 is 5.73 Å². The third-order valence-corrected chi connectivity index (χ3v) is 4.74. The van der Waals surface area contributed by atoms with Crippen LogP contribution >= 0.6 is 22.7 Å². The van der Waals surface area contributed by atoms with Crippen LogP contribution in [0.4, 0.5) is 0 Å². The first kappa shape index (κ1) is 11.8. The highest BCUT2D eigenvalue weighted by molar-refractivity contribution is 7.22. The summed E-state index contributed by atoms with van der Waals surface area (Å²) in [5.74, 6) is 0. The first-order valence-corrected chi connectivity index (χ1v) is 7.61. The summed E-state index contributed by atoms with van der Waals surface area (Å²) in [4.78, 5) is 5.90. The lowest BCUT2D eigenvalue weighted by atomic mass is 10.2. The minimum Gasteiger partial charge on any atom is -0.328 e. The molecule has 18 heavy (non-hydrogen) atoms. The molecule has 0 aliphatic heterocycles. The Morgan fingerprint density at radius 3 is 2.94 bits per heavy atom. The van der Waals surface area contributed by atoms with E-state index in [0.717, 1.165) is 17.1 Å². The number of thiazole rings is 1. The van der Waals surface area contributed by atoms with Crippen LogP contribution in [0.3, 0.4) is 0 Å². The third kappa shape index (κ3) is 2.32. The van der Waals surface area contributed by atoms with Crippen LogP contribution in [0.1, 0.15) is 11.9 Å². The number of thiophene rings is 1. The number of fused-ring (bicyclic) bond motifs is 1. The lowest BCUT2D eigenvalue weighted by molar-refractivity contribution is 0.734. The molecule has 0 aliphatic rings. The molecule has 2 aromatic heterocycles. The molecule has 2 nitrogen and oxygen atoms in total. The Balaban J connectivity index is 1.96. The Kier molecular flexibility index (Phi) is 3.16. The number of nitrogens with two attached hydrogens (primary N) is 1. The predicted octanol–water partition coefficient (Wildman–Crippen LogP) is 3.91. The zero-order valence-corrected chi connectivity index (χ0v) is 11.7. The molecule has 0 radical (unpaired) electrons. The van der Waals surface area contributed by atoms with Crippen LogP contribution in [0.15, 0.2) is 35.7 Å². The minimum atomic E-state index is 0.173. The van der Waals surface area contributed by atoms with E-state index in [0.29, 0.717) is 0 Å². The van der Waals surface area contributed by atoms with E-state index in [1.54, 1.807) is 22.7 Å². The summed E-state index contributed by atoms with van der Waals surface area (Å²) in [5, 5.41) is 4.54. The molecule has 0 bridgehead atoms. The molecule has 4 heteroatoms. The van der Waals surface area contributed by atoms with Crippen molar-refractivity contribution in [2.24, 2.45) is 5.73 Å². The Bertz CT molecular complexity index is 634. The van der Waals surface area contributed by atoms with Crippen LogP contribution in [-0.4, -0.2) is 11.0 Å². The number of hydrogen-bond acceptors (Lipinski definition) is 4. The van der Waals surface area contributed by atoms with Crippen LogP contribution in [-0.2, 0) is 6.42 Å². The molecule has 0 spiro atoms. The molecule has 3 rings (SSSR count). The van der Waals surface area contributed by atoms with E-state index in [4.69, 9.17) is 5.73 Å². The average molecular weight is 274 g/mol. The zero-order chi connectivity index (χ0) is 12.5. The van der Waals surface area contributed by atoms with E-state index in [9.17, 15) is 0 Å². The molecule has 0 saturated carbocycles. The standard InChI is InChI=1S/C14H14N2S2/c1-9(15)6-14-16-11(8-17-14)13-7-10-4-2-3-5-12(10)18-13/h2-5,7-9H,6,15H2,1H3. The van der Waals surface area contributed by atoms with Crippen molar-refractivity contribution >= 4 is 32.8 Å². The molecular weight excluding hydrogens is 260 g/mol. The van der Waals surface area contributed by atoms with Crippen LogP contribution in [0, 0.1) is 0 Å². The summed E-state index contributed by atoms with van der Waals surface area (Å²) < 4.78 is 1.31. The smallest absolute Gasteiger partial charge is 0.0948 e. The van der Waals surface area contributed by atoms with Gasteiger partial charge in [0.2, 0.25) is 0 Å². The molecule has 0 amide bonds. The quantitative estimate of drug-likeness (QED) is 0.786. The fourth-order valence-electron chi connectivity index (χ4n) is 1.90. The summed E-state index contributed by atoms with van der Waals surface area (Å²) in [7, 11) is 0. The molecule has 2 heterocycles. The second kappa shape index (κ2) is 4.80. The van der Waals surface area contributed by atoms with Crippen molar-refractivity contribution in [1.29, 1.82) is 0 Å². The van der Waals surface area contributed by atoms with Gasteiger partial charge in [0.1, 0.15) is 0 Å². The van der Waals surface area contributed by atoms with E-state index >= 15 is 0 Å². The molecular formula is C14H14N2S2. The van der Waals surface area contributed by atoms with E-state index in [1.807, 2.05) is 6.92 Å². The average Bonchev–Trinajstić information content (AvgIpc) is 2.93. The zero-order valence-electron chi connectivity index (χ0n) is 10.1. The van der Waals surface area contributed by atoms with Crippen molar-refractivity contribution in [2.75, 3.05) is 0 Å². The van der Waals surface area contributed by atoms with E-state index in [1.165, 1.54) is 15.0 Å². The van der Waals surface area contributed by atoms with Gasteiger partial charge in [-0.1, -0.05) is 18.2 Å². The summed E-state index contributed by atoms with van der Waals surface area (Å²) in [6.07, 6.45) is 0.857. The number of nitrogens with zero attached hydrogens (tertiary/aromatic N) is 1. The van der Waals surface area contributed by atoms with Crippen molar-refractivity contribution < 1.29 is 0 Å². The van der Waals surface area contributed by atoms with E-state index in [2.05, 4.69) is 40.7 Å². The van der Waals surface area contributed by atoms with Crippen molar-refractivity contribution in [3.8, 4) is 10.6 Å². The lowest BCUT2D eigenvalue weighted by Crippen LogP contribution is -2.17. The van der Waals surface area contributed by atoms with E-state index < -0.39 is 0 Å². The van der Waals surface area contributed by atoms with Crippen LogP contribution in [0.2, 0.25) is 0 Å². The Morgan fingerprint density at radius 2 is 2.17 bits per heavy atom. The molecule has 3 aromatic rings. The van der Waals surface area contributed by atoms with Crippen molar-refractivity contribution in [1.82, 2.24) is 4.98 Å². The van der Waals surface area contributed by atoms with Crippen molar-refractivity contribution in [2.45, 2.75) is 19.4 Å². The lowest BCUT2D eigenvalue weighted by Gasteiger charge is -1.98. The van der Waals surface area contributed by atoms with Gasteiger partial charge in [-0.25, -0.2) is 4.98 Å². The highest BCUT2D eigenvalue weighted by atomic mass is 32.1. The van der Waals surface area contributed by atoms with Crippen LogP contribution in [0.25, 0.3) is 20.7 Å². The molecule has 1 unspecified atom stereocenters. The first-order valence-electron chi connectivity index (χ1n) is 5.91. The molecule has 1 aromatic carbocycles. The number of rotatable bonds is 3.